The van der Waals surface area contributed by atoms with Gasteiger partial charge in [0.25, 0.3) is 0 Å². The van der Waals surface area contributed by atoms with Crippen LogP contribution in [0.5, 0.6) is 0 Å². The number of nitrogens with zero attached hydrogens (tertiary/aromatic N) is 4. The first-order valence-corrected chi connectivity index (χ1v) is 7.11. The SMILES string of the molecule is CCN(Cc1cccc(C)n1)c1nc(C)cc(C)c1C#N. The van der Waals surface area contributed by atoms with Crippen molar-refractivity contribution in [1.29, 1.82) is 5.26 Å². The Bertz CT molecular complexity index is 686. The summed E-state index contributed by atoms with van der Waals surface area (Å²) in [6.07, 6.45) is 0. The molecule has 108 valence electrons. The summed E-state index contributed by atoms with van der Waals surface area (Å²) in [5, 5.41) is 9.41. The van der Waals surface area contributed by atoms with Gasteiger partial charge < -0.3 is 4.90 Å². The first-order chi connectivity index (χ1) is 10.0. The molecule has 0 bridgehead atoms. The number of aryl methyl sites for hydroxylation is 3. The zero-order valence-corrected chi connectivity index (χ0v) is 13.0. The molecular weight excluding hydrogens is 260 g/mol. The largest absolute Gasteiger partial charge is 0.350 e. The molecule has 0 aliphatic carbocycles. The lowest BCUT2D eigenvalue weighted by molar-refractivity contribution is 0.785. The van der Waals surface area contributed by atoms with Crippen molar-refractivity contribution in [3.63, 3.8) is 0 Å². The van der Waals surface area contributed by atoms with Crippen LogP contribution in [0.25, 0.3) is 0 Å². The fraction of sp³-hybridized carbons (Fsp3) is 0.353. The van der Waals surface area contributed by atoms with Crippen molar-refractivity contribution in [2.75, 3.05) is 11.4 Å². The van der Waals surface area contributed by atoms with E-state index in [4.69, 9.17) is 0 Å². The summed E-state index contributed by atoms with van der Waals surface area (Å²) in [4.78, 5) is 11.2. The van der Waals surface area contributed by atoms with Gasteiger partial charge in [-0.1, -0.05) is 6.07 Å². The van der Waals surface area contributed by atoms with E-state index in [9.17, 15) is 5.26 Å². The van der Waals surface area contributed by atoms with Gasteiger partial charge in [0, 0.05) is 17.9 Å². The van der Waals surface area contributed by atoms with E-state index < -0.39 is 0 Å². The van der Waals surface area contributed by atoms with E-state index in [0.717, 1.165) is 35.0 Å². The van der Waals surface area contributed by atoms with E-state index in [2.05, 4.69) is 27.9 Å². The molecule has 0 N–H and O–H groups in total. The summed E-state index contributed by atoms with van der Waals surface area (Å²) >= 11 is 0. The number of aromatic nitrogens is 2. The second-order valence-corrected chi connectivity index (χ2v) is 5.18. The third-order valence-corrected chi connectivity index (χ3v) is 3.42. The Morgan fingerprint density at radius 2 is 1.90 bits per heavy atom. The van der Waals surface area contributed by atoms with E-state index in [0.29, 0.717) is 12.1 Å². The average Bonchev–Trinajstić information content (AvgIpc) is 2.44. The molecule has 0 spiro atoms. The Hall–Kier alpha value is -2.41. The van der Waals surface area contributed by atoms with Gasteiger partial charge in [0.2, 0.25) is 0 Å². The number of pyridine rings is 2. The Balaban J connectivity index is 2.40. The van der Waals surface area contributed by atoms with Crippen LogP contribution < -0.4 is 4.90 Å². The van der Waals surface area contributed by atoms with Gasteiger partial charge in [0.15, 0.2) is 0 Å². The number of hydrogen-bond donors (Lipinski definition) is 0. The second-order valence-electron chi connectivity index (χ2n) is 5.18. The quantitative estimate of drug-likeness (QED) is 0.862. The van der Waals surface area contributed by atoms with Crippen LogP contribution in [0.3, 0.4) is 0 Å². The summed E-state index contributed by atoms with van der Waals surface area (Å²) in [6, 6.07) is 10.2. The van der Waals surface area contributed by atoms with E-state index in [1.165, 1.54) is 0 Å². The Morgan fingerprint density at radius 3 is 2.52 bits per heavy atom. The fourth-order valence-corrected chi connectivity index (χ4v) is 2.40. The van der Waals surface area contributed by atoms with Gasteiger partial charge >= 0.3 is 0 Å². The van der Waals surface area contributed by atoms with Gasteiger partial charge in [-0.3, -0.25) is 4.98 Å². The zero-order chi connectivity index (χ0) is 15.4. The van der Waals surface area contributed by atoms with Gasteiger partial charge in [-0.25, -0.2) is 4.98 Å². The molecule has 0 aliphatic heterocycles. The Labute approximate surface area is 126 Å². The molecule has 2 aromatic rings. The molecule has 0 aromatic carbocycles. The molecule has 2 aromatic heterocycles. The maximum atomic E-state index is 9.41. The molecule has 0 saturated carbocycles. The minimum atomic E-state index is 0.648. The minimum Gasteiger partial charge on any atom is -0.350 e. The smallest absolute Gasteiger partial charge is 0.147 e. The molecule has 0 unspecified atom stereocenters. The molecule has 4 heteroatoms. The Morgan fingerprint density at radius 1 is 1.14 bits per heavy atom. The summed E-state index contributed by atoms with van der Waals surface area (Å²) in [5.41, 5.74) is 4.53. The molecular formula is C17H20N4. The van der Waals surface area contributed by atoms with Crippen LogP contribution in [-0.2, 0) is 6.54 Å². The maximum absolute atomic E-state index is 9.41. The second kappa shape index (κ2) is 6.36. The van der Waals surface area contributed by atoms with E-state index in [1.54, 1.807) is 0 Å². The average molecular weight is 280 g/mol. The summed E-state index contributed by atoms with van der Waals surface area (Å²) in [5.74, 6) is 0.751. The summed E-state index contributed by atoms with van der Waals surface area (Å²) in [7, 11) is 0. The lowest BCUT2D eigenvalue weighted by atomic mass is 10.1. The van der Waals surface area contributed by atoms with E-state index in [-0.39, 0.29) is 0 Å². The highest BCUT2D eigenvalue weighted by Crippen LogP contribution is 2.23. The van der Waals surface area contributed by atoms with Crippen molar-refractivity contribution >= 4 is 5.82 Å². The first-order valence-electron chi connectivity index (χ1n) is 7.11. The fourth-order valence-electron chi connectivity index (χ4n) is 2.40. The van der Waals surface area contributed by atoms with Crippen LogP contribution in [0.1, 0.15) is 35.1 Å². The minimum absolute atomic E-state index is 0.648. The molecule has 2 heterocycles. The van der Waals surface area contributed by atoms with Crippen LogP contribution >= 0.6 is 0 Å². The van der Waals surface area contributed by atoms with Gasteiger partial charge in [-0.2, -0.15) is 5.26 Å². The van der Waals surface area contributed by atoms with Crippen molar-refractivity contribution < 1.29 is 0 Å². The molecule has 0 radical (unpaired) electrons. The predicted molar refractivity (Wildman–Crippen MR) is 84.1 cm³/mol. The van der Waals surface area contributed by atoms with Gasteiger partial charge in [0.05, 0.1) is 17.8 Å². The van der Waals surface area contributed by atoms with Gasteiger partial charge in [0.1, 0.15) is 11.9 Å². The monoisotopic (exact) mass is 280 g/mol. The molecule has 0 atom stereocenters. The van der Waals surface area contributed by atoms with Crippen LogP contribution in [-0.4, -0.2) is 16.5 Å². The van der Waals surface area contributed by atoms with Gasteiger partial charge in [-0.15, -0.1) is 0 Å². The number of rotatable bonds is 4. The predicted octanol–water partition coefficient (Wildman–Crippen LogP) is 3.30. The highest BCUT2D eigenvalue weighted by Gasteiger charge is 2.15. The van der Waals surface area contributed by atoms with Crippen LogP contribution in [0.4, 0.5) is 5.82 Å². The molecule has 2 rings (SSSR count). The molecule has 0 amide bonds. The van der Waals surface area contributed by atoms with Crippen molar-refractivity contribution in [1.82, 2.24) is 9.97 Å². The molecule has 21 heavy (non-hydrogen) atoms. The van der Waals surface area contributed by atoms with E-state index in [1.807, 2.05) is 45.0 Å². The van der Waals surface area contributed by atoms with Crippen LogP contribution in [0.2, 0.25) is 0 Å². The van der Waals surface area contributed by atoms with Crippen molar-refractivity contribution in [2.45, 2.75) is 34.2 Å². The number of hydrogen-bond acceptors (Lipinski definition) is 4. The maximum Gasteiger partial charge on any atom is 0.147 e. The zero-order valence-electron chi connectivity index (χ0n) is 13.0. The Kier molecular flexibility index (Phi) is 4.54. The molecule has 0 aliphatic rings. The van der Waals surface area contributed by atoms with Crippen molar-refractivity contribution in [3.05, 3.63) is 52.5 Å². The van der Waals surface area contributed by atoms with Crippen LogP contribution in [0.15, 0.2) is 24.3 Å². The summed E-state index contributed by atoms with van der Waals surface area (Å²) in [6.45, 7) is 9.39. The molecule has 4 nitrogen and oxygen atoms in total. The third kappa shape index (κ3) is 3.38. The number of anilines is 1. The topological polar surface area (TPSA) is 52.8 Å². The van der Waals surface area contributed by atoms with E-state index >= 15 is 0 Å². The lowest BCUT2D eigenvalue weighted by Gasteiger charge is -2.23. The normalized spacial score (nSPS) is 10.2. The van der Waals surface area contributed by atoms with Gasteiger partial charge in [-0.05, 0) is 51.5 Å². The highest BCUT2D eigenvalue weighted by molar-refractivity contribution is 5.58. The standard InChI is InChI=1S/C17H20N4/c1-5-21(11-15-8-6-7-13(3)19-15)17-16(10-18)12(2)9-14(4)20-17/h6-9H,5,11H2,1-4H3. The highest BCUT2D eigenvalue weighted by atomic mass is 15.2. The van der Waals surface area contributed by atoms with Crippen molar-refractivity contribution in [3.8, 4) is 6.07 Å². The lowest BCUT2D eigenvalue weighted by Crippen LogP contribution is -2.25. The molecule has 0 fully saturated rings. The van der Waals surface area contributed by atoms with Crippen LogP contribution in [0, 0.1) is 32.1 Å². The summed E-state index contributed by atoms with van der Waals surface area (Å²) < 4.78 is 0. The molecule has 0 saturated heterocycles. The third-order valence-electron chi connectivity index (χ3n) is 3.42. The number of nitriles is 1. The first kappa shape index (κ1) is 15.0. The van der Waals surface area contributed by atoms with Crippen molar-refractivity contribution in [2.24, 2.45) is 0 Å².